The molecule has 4 rings (SSSR count). The summed E-state index contributed by atoms with van der Waals surface area (Å²) in [6, 6.07) is 8.44. The first-order valence-electron chi connectivity index (χ1n) is 8.89. The van der Waals surface area contributed by atoms with Gasteiger partial charge in [-0.2, -0.15) is 13.2 Å². The fourth-order valence-electron chi connectivity index (χ4n) is 3.72. The molecule has 8 heteroatoms. The monoisotopic (exact) mass is 376 g/mol. The molecule has 1 atom stereocenters. The Kier molecular flexibility index (Phi) is 4.20. The van der Waals surface area contributed by atoms with Crippen LogP contribution in [0.1, 0.15) is 18.9 Å². The molecule has 0 spiro atoms. The lowest BCUT2D eigenvalue weighted by Gasteiger charge is -2.35. The Hall–Kier alpha value is -2.77. The van der Waals surface area contributed by atoms with Gasteiger partial charge in [0.25, 0.3) is 0 Å². The Morgan fingerprint density at radius 3 is 2.85 bits per heavy atom. The van der Waals surface area contributed by atoms with Crippen LogP contribution in [-0.2, 0) is 6.18 Å². The Labute approximate surface area is 154 Å². The van der Waals surface area contributed by atoms with Crippen LogP contribution in [0.25, 0.3) is 11.3 Å². The van der Waals surface area contributed by atoms with Gasteiger partial charge in [0.15, 0.2) is 5.82 Å². The molecule has 2 aromatic rings. The summed E-state index contributed by atoms with van der Waals surface area (Å²) in [7, 11) is 0. The molecule has 27 heavy (non-hydrogen) atoms. The number of urea groups is 1. The van der Waals surface area contributed by atoms with Crippen molar-refractivity contribution in [1.29, 1.82) is 0 Å². The van der Waals surface area contributed by atoms with E-state index < -0.39 is 11.7 Å². The maximum Gasteiger partial charge on any atom is 0.416 e. The zero-order chi connectivity index (χ0) is 19.2. The topological polar surface area (TPSA) is 48.5 Å². The first-order valence-corrected chi connectivity index (χ1v) is 8.89. The molecule has 5 nitrogen and oxygen atoms in total. The first-order chi connectivity index (χ1) is 12.9. The number of aromatic nitrogens is 1. The fourth-order valence-corrected chi connectivity index (χ4v) is 3.72. The van der Waals surface area contributed by atoms with Crippen LogP contribution in [0.4, 0.5) is 29.5 Å². The molecule has 1 aromatic heterocycles. The van der Waals surface area contributed by atoms with E-state index in [2.05, 4.69) is 15.2 Å². The van der Waals surface area contributed by atoms with Crippen molar-refractivity contribution in [3.63, 3.8) is 0 Å². The molecule has 1 N–H and O–H groups in total. The quantitative estimate of drug-likeness (QED) is 0.865. The van der Waals surface area contributed by atoms with Crippen LogP contribution in [-0.4, -0.2) is 36.7 Å². The number of nitrogens with one attached hydrogen (secondary N) is 1. The van der Waals surface area contributed by atoms with E-state index in [-0.39, 0.29) is 12.1 Å². The zero-order valence-electron chi connectivity index (χ0n) is 14.8. The number of amides is 2. The number of hydrogen-bond acceptors (Lipinski definition) is 3. The minimum atomic E-state index is -4.41. The Morgan fingerprint density at radius 1 is 1.30 bits per heavy atom. The number of carbonyl (C=O) groups is 1. The van der Waals surface area contributed by atoms with Crippen molar-refractivity contribution in [2.45, 2.75) is 25.6 Å². The number of nitrogens with zero attached hydrogens (tertiary/aromatic N) is 3. The summed E-state index contributed by atoms with van der Waals surface area (Å²) in [6.07, 6.45) is -3.57. The molecule has 0 saturated carbocycles. The highest BCUT2D eigenvalue weighted by Gasteiger charge is 2.40. The maximum absolute atomic E-state index is 13.0. The number of benzene rings is 1. The maximum atomic E-state index is 13.0. The predicted octanol–water partition coefficient (Wildman–Crippen LogP) is 3.90. The Morgan fingerprint density at radius 2 is 2.11 bits per heavy atom. The van der Waals surface area contributed by atoms with Crippen LogP contribution in [0, 0.1) is 0 Å². The molecule has 1 saturated heterocycles. The van der Waals surface area contributed by atoms with E-state index in [0.717, 1.165) is 37.3 Å². The molecule has 1 aromatic carbocycles. The third-order valence-electron chi connectivity index (χ3n) is 4.98. The standard InChI is InChI=1S/C19H19F3N4O/c1-2-23-18(27)26-14-8-9-25(11-14)16-7-6-15(24-17(16)26)12-4-3-5-13(10-12)19(20,21)22/h3-7,10,14H,2,8-9,11H2,1H3,(H,23,27)/t14-/m0/s1. The van der Waals surface area contributed by atoms with E-state index in [1.54, 1.807) is 17.0 Å². The van der Waals surface area contributed by atoms with Gasteiger partial charge in [0.05, 0.1) is 23.0 Å². The van der Waals surface area contributed by atoms with Crippen LogP contribution >= 0.6 is 0 Å². The van der Waals surface area contributed by atoms with Crippen LogP contribution in [0.5, 0.6) is 0 Å². The Bertz CT molecular complexity index is 883. The lowest BCUT2D eigenvalue weighted by molar-refractivity contribution is -0.137. The zero-order valence-corrected chi connectivity index (χ0v) is 14.8. The third-order valence-corrected chi connectivity index (χ3v) is 4.98. The third kappa shape index (κ3) is 3.09. The minimum Gasteiger partial charge on any atom is -0.366 e. The van der Waals surface area contributed by atoms with Crippen molar-refractivity contribution in [3.8, 4) is 11.3 Å². The number of hydrogen-bond donors (Lipinski definition) is 1. The van der Waals surface area contributed by atoms with Crippen LogP contribution in [0.3, 0.4) is 0 Å². The van der Waals surface area contributed by atoms with E-state index in [4.69, 9.17) is 0 Å². The highest BCUT2D eigenvalue weighted by atomic mass is 19.4. The molecule has 0 unspecified atom stereocenters. The number of fused-ring (bicyclic) bond motifs is 4. The van der Waals surface area contributed by atoms with Gasteiger partial charge in [-0.25, -0.2) is 9.78 Å². The normalized spacial score (nSPS) is 18.4. The average Bonchev–Trinajstić information content (AvgIpc) is 3.05. The summed E-state index contributed by atoms with van der Waals surface area (Å²) in [6.45, 7) is 3.91. The van der Waals surface area contributed by atoms with E-state index >= 15 is 0 Å². The highest BCUT2D eigenvalue weighted by Crippen LogP contribution is 2.40. The van der Waals surface area contributed by atoms with Crippen molar-refractivity contribution < 1.29 is 18.0 Å². The molecular weight excluding hydrogens is 357 g/mol. The molecule has 3 heterocycles. The van der Waals surface area contributed by atoms with Crippen molar-refractivity contribution >= 4 is 17.5 Å². The summed E-state index contributed by atoms with van der Waals surface area (Å²) in [5.74, 6) is 0.504. The van der Waals surface area contributed by atoms with Gasteiger partial charge in [0.2, 0.25) is 0 Å². The van der Waals surface area contributed by atoms with Crippen molar-refractivity contribution in [3.05, 3.63) is 42.0 Å². The second-order valence-electron chi connectivity index (χ2n) is 6.71. The van der Waals surface area contributed by atoms with Gasteiger partial charge >= 0.3 is 12.2 Å². The second-order valence-corrected chi connectivity index (χ2v) is 6.71. The summed E-state index contributed by atoms with van der Waals surface area (Å²) in [5, 5.41) is 2.81. The average molecular weight is 376 g/mol. The van der Waals surface area contributed by atoms with Gasteiger partial charge in [-0.05, 0) is 37.6 Å². The van der Waals surface area contributed by atoms with Gasteiger partial charge in [0, 0.05) is 25.2 Å². The lowest BCUT2D eigenvalue weighted by Crippen LogP contribution is -2.50. The van der Waals surface area contributed by atoms with Gasteiger partial charge < -0.3 is 10.2 Å². The molecule has 0 radical (unpaired) electrons. The van der Waals surface area contributed by atoms with E-state index in [0.29, 0.717) is 23.6 Å². The molecule has 2 bridgehead atoms. The largest absolute Gasteiger partial charge is 0.416 e. The number of anilines is 2. The predicted molar refractivity (Wildman–Crippen MR) is 96.8 cm³/mol. The number of pyridine rings is 1. The van der Waals surface area contributed by atoms with Crippen LogP contribution in [0.15, 0.2) is 36.4 Å². The molecule has 2 amide bonds. The van der Waals surface area contributed by atoms with Gasteiger partial charge in [-0.3, -0.25) is 4.90 Å². The second kappa shape index (κ2) is 6.44. The summed E-state index contributed by atoms with van der Waals surface area (Å²) < 4.78 is 39.1. The van der Waals surface area contributed by atoms with Crippen molar-refractivity contribution in [2.24, 2.45) is 0 Å². The van der Waals surface area contributed by atoms with E-state index in [1.807, 2.05) is 13.0 Å². The molecule has 1 fully saturated rings. The molecule has 2 aliphatic rings. The van der Waals surface area contributed by atoms with Crippen LogP contribution in [0.2, 0.25) is 0 Å². The lowest BCUT2D eigenvalue weighted by atomic mass is 10.1. The SMILES string of the molecule is CCNC(=O)N1c2nc(-c3cccc(C(F)(F)F)c3)ccc2N2CC[C@H]1C2. The Balaban J connectivity index is 1.78. The summed E-state index contributed by atoms with van der Waals surface area (Å²) in [5.41, 5.74) is 0.905. The molecule has 0 aliphatic carbocycles. The summed E-state index contributed by atoms with van der Waals surface area (Å²) in [4.78, 5) is 21.0. The molecule has 2 aliphatic heterocycles. The summed E-state index contributed by atoms with van der Waals surface area (Å²) >= 11 is 0. The smallest absolute Gasteiger partial charge is 0.366 e. The van der Waals surface area contributed by atoms with Crippen molar-refractivity contribution in [2.75, 3.05) is 29.4 Å². The van der Waals surface area contributed by atoms with Crippen LogP contribution < -0.4 is 15.1 Å². The minimum absolute atomic E-state index is 0.0216. The molecule has 142 valence electrons. The van der Waals surface area contributed by atoms with E-state index in [1.165, 1.54) is 6.07 Å². The van der Waals surface area contributed by atoms with Gasteiger partial charge in [-0.15, -0.1) is 0 Å². The van der Waals surface area contributed by atoms with Gasteiger partial charge in [-0.1, -0.05) is 12.1 Å². The highest BCUT2D eigenvalue weighted by molar-refractivity contribution is 5.97. The van der Waals surface area contributed by atoms with Crippen molar-refractivity contribution in [1.82, 2.24) is 10.3 Å². The van der Waals surface area contributed by atoms with E-state index in [9.17, 15) is 18.0 Å². The fraction of sp³-hybridized carbons (Fsp3) is 0.368. The number of halogens is 3. The van der Waals surface area contributed by atoms with Gasteiger partial charge in [0.1, 0.15) is 0 Å². The number of rotatable bonds is 2. The molecular formula is C19H19F3N4O. The number of alkyl halides is 3. The first kappa shape index (κ1) is 17.6. The number of carbonyl (C=O) groups excluding carboxylic acids is 1.